The van der Waals surface area contributed by atoms with E-state index in [0.29, 0.717) is 12.8 Å². The number of ketones is 1. The second kappa shape index (κ2) is 6.33. The highest BCUT2D eigenvalue weighted by molar-refractivity contribution is 6.04. The highest BCUT2D eigenvalue weighted by Crippen LogP contribution is 2.23. The fourth-order valence-corrected chi connectivity index (χ4v) is 2.10. The number of allylic oxidation sites excluding steroid dienone is 1. The lowest BCUT2D eigenvalue weighted by atomic mass is 10.0. The second-order valence-corrected chi connectivity index (χ2v) is 4.29. The quantitative estimate of drug-likeness (QED) is 0.415. The van der Waals surface area contributed by atoms with E-state index >= 15 is 0 Å². The summed E-state index contributed by atoms with van der Waals surface area (Å²) in [6, 6.07) is -0.422. The van der Waals surface area contributed by atoms with Gasteiger partial charge in [-0.05, 0) is 20.3 Å². The Bertz CT molecular complexity index is 364. The predicted octanol–water partition coefficient (Wildman–Crippen LogP) is 0.932. The van der Waals surface area contributed by atoms with Crippen LogP contribution < -0.4 is 0 Å². The smallest absolute Gasteiger partial charge is 0.318 e. The van der Waals surface area contributed by atoms with Gasteiger partial charge in [0.2, 0.25) is 5.91 Å². The minimum atomic E-state index is -0.836. The monoisotopic (exact) mass is 253 g/mol. The number of hydrogen-bond donors (Lipinski definition) is 0. The summed E-state index contributed by atoms with van der Waals surface area (Å²) in [6.45, 7) is 7.18. The number of likely N-dealkylation sites (tertiary alicyclic amines) is 1. The Morgan fingerprint density at radius 2 is 2.22 bits per heavy atom. The second-order valence-electron chi connectivity index (χ2n) is 4.29. The van der Waals surface area contributed by atoms with Crippen molar-refractivity contribution in [3.63, 3.8) is 0 Å². The van der Waals surface area contributed by atoms with Crippen molar-refractivity contribution in [3.05, 3.63) is 12.7 Å². The van der Waals surface area contributed by atoms with E-state index in [0.717, 1.165) is 0 Å². The fraction of sp³-hybridized carbons (Fsp3) is 0.615. The Morgan fingerprint density at radius 3 is 2.78 bits per heavy atom. The summed E-state index contributed by atoms with van der Waals surface area (Å²) < 4.78 is 4.86. The van der Waals surface area contributed by atoms with E-state index in [1.165, 1.54) is 4.90 Å². The third kappa shape index (κ3) is 2.97. The number of ether oxygens (including phenoxy) is 1. The molecule has 5 nitrogen and oxygen atoms in total. The maximum Gasteiger partial charge on any atom is 0.318 e. The van der Waals surface area contributed by atoms with E-state index in [2.05, 4.69) is 6.58 Å². The van der Waals surface area contributed by atoms with Crippen LogP contribution in [-0.4, -0.2) is 41.8 Å². The molecule has 1 rings (SSSR count). The SMILES string of the molecule is C=CCCC(=O)N1CC(=O)C(C(=O)OCC)C1C. The maximum absolute atomic E-state index is 11.9. The molecule has 0 saturated carbocycles. The number of Topliss-reactive ketones (excluding diaryl/α,β-unsaturated/α-hetero) is 1. The number of nitrogens with zero attached hydrogens (tertiary/aromatic N) is 1. The summed E-state index contributed by atoms with van der Waals surface area (Å²) in [6.07, 6.45) is 2.54. The molecule has 1 heterocycles. The summed E-state index contributed by atoms with van der Waals surface area (Å²) in [5.74, 6) is -1.73. The van der Waals surface area contributed by atoms with Crippen molar-refractivity contribution < 1.29 is 19.1 Å². The molecule has 2 atom stereocenters. The van der Waals surface area contributed by atoms with Gasteiger partial charge in [0, 0.05) is 12.5 Å². The molecule has 0 aliphatic carbocycles. The van der Waals surface area contributed by atoms with Crippen molar-refractivity contribution in [2.45, 2.75) is 32.7 Å². The van der Waals surface area contributed by atoms with Crippen molar-refractivity contribution in [1.29, 1.82) is 0 Å². The molecular formula is C13H19NO4. The van der Waals surface area contributed by atoms with Crippen LogP contribution in [0.2, 0.25) is 0 Å². The number of rotatable bonds is 5. The Labute approximate surface area is 107 Å². The Hall–Kier alpha value is -1.65. The van der Waals surface area contributed by atoms with Gasteiger partial charge in [-0.2, -0.15) is 0 Å². The van der Waals surface area contributed by atoms with Crippen molar-refractivity contribution in [2.75, 3.05) is 13.2 Å². The molecule has 1 fully saturated rings. The lowest BCUT2D eigenvalue weighted by Gasteiger charge is -2.22. The molecule has 18 heavy (non-hydrogen) atoms. The van der Waals surface area contributed by atoms with Crippen LogP contribution in [0.3, 0.4) is 0 Å². The first-order valence-corrected chi connectivity index (χ1v) is 6.12. The van der Waals surface area contributed by atoms with E-state index < -0.39 is 17.9 Å². The molecule has 1 amide bonds. The molecule has 0 N–H and O–H groups in total. The van der Waals surface area contributed by atoms with Crippen LogP contribution in [0.5, 0.6) is 0 Å². The molecule has 100 valence electrons. The average molecular weight is 253 g/mol. The lowest BCUT2D eigenvalue weighted by Crippen LogP contribution is -2.38. The van der Waals surface area contributed by atoms with Gasteiger partial charge in [0.15, 0.2) is 5.78 Å². The van der Waals surface area contributed by atoms with Crippen LogP contribution in [0, 0.1) is 5.92 Å². The lowest BCUT2D eigenvalue weighted by molar-refractivity contribution is -0.151. The molecule has 0 aromatic rings. The van der Waals surface area contributed by atoms with E-state index in [9.17, 15) is 14.4 Å². The number of esters is 1. The summed E-state index contributed by atoms with van der Waals surface area (Å²) in [5.41, 5.74) is 0. The summed E-state index contributed by atoms with van der Waals surface area (Å²) >= 11 is 0. The molecule has 0 spiro atoms. The standard InChI is InChI=1S/C13H19NO4/c1-4-6-7-11(16)14-8-10(15)12(9(14)3)13(17)18-5-2/h4,9,12H,1,5-8H2,2-3H3. The van der Waals surface area contributed by atoms with Gasteiger partial charge in [0.05, 0.1) is 13.2 Å². The minimum Gasteiger partial charge on any atom is -0.465 e. The highest BCUT2D eigenvalue weighted by atomic mass is 16.5. The molecule has 2 unspecified atom stereocenters. The van der Waals surface area contributed by atoms with Crippen molar-refractivity contribution >= 4 is 17.7 Å². The molecule has 0 bridgehead atoms. The van der Waals surface area contributed by atoms with Gasteiger partial charge in [-0.3, -0.25) is 14.4 Å². The van der Waals surface area contributed by atoms with Crippen LogP contribution in [0.15, 0.2) is 12.7 Å². The van der Waals surface area contributed by atoms with Gasteiger partial charge in [-0.25, -0.2) is 0 Å². The average Bonchev–Trinajstić information content (AvgIpc) is 2.62. The number of amides is 1. The summed E-state index contributed by atoms with van der Waals surface area (Å²) in [5, 5.41) is 0. The van der Waals surface area contributed by atoms with Crippen LogP contribution >= 0.6 is 0 Å². The Morgan fingerprint density at radius 1 is 1.56 bits per heavy atom. The van der Waals surface area contributed by atoms with E-state index in [-0.39, 0.29) is 24.8 Å². The normalized spacial score (nSPS) is 23.0. The van der Waals surface area contributed by atoms with E-state index in [4.69, 9.17) is 4.74 Å². The first kappa shape index (κ1) is 14.4. The minimum absolute atomic E-state index is 0.000619. The predicted molar refractivity (Wildman–Crippen MR) is 65.7 cm³/mol. The van der Waals surface area contributed by atoms with Gasteiger partial charge in [-0.15, -0.1) is 6.58 Å². The van der Waals surface area contributed by atoms with Gasteiger partial charge in [-0.1, -0.05) is 6.08 Å². The van der Waals surface area contributed by atoms with Gasteiger partial charge < -0.3 is 9.64 Å². The molecule has 0 radical (unpaired) electrons. The van der Waals surface area contributed by atoms with Crippen LogP contribution in [0.4, 0.5) is 0 Å². The van der Waals surface area contributed by atoms with E-state index in [1.807, 2.05) is 0 Å². The highest BCUT2D eigenvalue weighted by Gasteiger charge is 2.45. The Balaban J connectivity index is 2.71. The van der Waals surface area contributed by atoms with E-state index in [1.54, 1.807) is 19.9 Å². The molecule has 5 heteroatoms. The summed E-state index contributed by atoms with van der Waals surface area (Å²) in [7, 11) is 0. The largest absolute Gasteiger partial charge is 0.465 e. The first-order valence-electron chi connectivity index (χ1n) is 6.12. The van der Waals surface area contributed by atoms with Crippen LogP contribution in [0.1, 0.15) is 26.7 Å². The van der Waals surface area contributed by atoms with Crippen molar-refractivity contribution in [2.24, 2.45) is 5.92 Å². The summed E-state index contributed by atoms with van der Waals surface area (Å²) in [4.78, 5) is 36.7. The third-order valence-electron chi connectivity index (χ3n) is 3.07. The zero-order valence-electron chi connectivity index (χ0n) is 10.8. The zero-order valence-corrected chi connectivity index (χ0v) is 10.8. The molecule has 0 aromatic carbocycles. The molecule has 1 aliphatic rings. The third-order valence-corrected chi connectivity index (χ3v) is 3.07. The van der Waals surface area contributed by atoms with Gasteiger partial charge in [0.25, 0.3) is 0 Å². The molecule has 0 aromatic heterocycles. The van der Waals surface area contributed by atoms with Crippen molar-refractivity contribution in [1.82, 2.24) is 4.90 Å². The number of carbonyl (C=O) groups is 3. The van der Waals surface area contributed by atoms with Gasteiger partial charge in [0.1, 0.15) is 5.92 Å². The molecular weight excluding hydrogens is 234 g/mol. The maximum atomic E-state index is 11.9. The molecule has 1 saturated heterocycles. The van der Waals surface area contributed by atoms with Crippen LogP contribution in [-0.2, 0) is 19.1 Å². The fourth-order valence-electron chi connectivity index (χ4n) is 2.10. The van der Waals surface area contributed by atoms with Crippen molar-refractivity contribution in [3.8, 4) is 0 Å². The van der Waals surface area contributed by atoms with Gasteiger partial charge >= 0.3 is 5.97 Å². The zero-order chi connectivity index (χ0) is 13.7. The number of hydrogen-bond acceptors (Lipinski definition) is 4. The topological polar surface area (TPSA) is 63.7 Å². The first-order chi connectivity index (χ1) is 8.52. The van der Waals surface area contributed by atoms with Crippen LogP contribution in [0.25, 0.3) is 0 Å². The Kier molecular flexibility index (Phi) is 5.07. The number of carbonyl (C=O) groups excluding carboxylic acids is 3. The molecule has 1 aliphatic heterocycles.